The normalized spacial score (nSPS) is 13.5. The molecule has 0 radical (unpaired) electrons. The Bertz CT molecular complexity index is 1110. The standard InChI is InChI=1S/C22H25N3O3/c1-14(2)24-21(27)18-12-8-9-13-19(18)25(22(24)28)16(4)20(26)23-15(3)17-10-6-5-7-11-17/h5-16H,1-4H3,(H,23,26)/t15-,16-/m1/s1. The molecule has 0 bridgehead atoms. The van der Waals surface area contributed by atoms with Crippen molar-refractivity contribution in [2.45, 2.75) is 45.8 Å². The van der Waals surface area contributed by atoms with Gasteiger partial charge in [-0.1, -0.05) is 42.5 Å². The van der Waals surface area contributed by atoms with Gasteiger partial charge in [0, 0.05) is 6.04 Å². The number of fused-ring (bicyclic) bond motifs is 1. The molecule has 1 N–H and O–H groups in total. The molecule has 6 heteroatoms. The highest BCUT2D eigenvalue weighted by Crippen LogP contribution is 2.17. The number of nitrogens with one attached hydrogen (secondary N) is 1. The van der Waals surface area contributed by atoms with E-state index in [2.05, 4.69) is 5.32 Å². The minimum Gasteiger partial charge on any atom is -0.348 e. The Labute approximate surface area is 163 Å². The maximum Gasteiger partial charge on any atom is 0.332 e. The fourth-order valence-electron chi connectivity index (χ4n) is 3.41. The predicted molar refractivity (Wildman–Crippen MR) is 111 cm³/mol. The van der Waals surface area contributed by atoms with Crippen molar-refractivity contribution < 1.29 is 4.79 Å². The first-order chi connectivity index (χ1) is 13.3. The molecule has 1 amide bonds. The molecule has 2 aromatic carbocycles. The zero-order valence-corrected chi connectivity index (χ0v) is 16.5. The molecule has 146 valence electrons. The first-order valence-corrected chi connectivity index (χ1v) is 9.44. The van der Waals surface area contributed by atoms with Gasteiger partial charge in [0.25, 0.3) is 5.56 Å². The van der Waals surface area contributed by atoms with Gasteiger partial charge in [0.2, 0.25) is 5.91 Å². The number of carbonyl (C=O) groups is 1. The fourth-order valence-corrected chi connectivity index (χ4v) is 3.41. The zero-order chi connectivity index (χ0) is 20.4. The lowest BCUT2D eigenvalue weighted by molar-refractivity contribution is -0.124. The van der Waals surface area contributed by atoms with Crippen molar-refractivity contribution in [3.63, 3.8) is 0 Å². The van der Waals surface area contributed by atoms with E-state index in [4.69, 9.17) is 0 Å². The van der Waals surface area contributed by atoms with Crippen LogP contribution >= 0.6 is 0 Å². The number of hydrogen-bond donors (Lipinski definition) is 1. The van der Waals surface area contributed by atoms with E-state index in [1.165, 1.54) is 9.13 Å². The molecule has 1 aromatic heterocycles. The lowest BCUT2D eigenvalue weighted by Gasteiger charge is -2.22. The summed E-state index contributed by atoms with van der Waals surface area (Å²) in [6.45, 7) is 7.14. The summed E-state index contributed by atoms with van der Waals surface area (Å²) < 4.78 is 2.61. The van der Waals surface area contributed by atoms with E-state index < -0.39 is 11.7 Å². The molecule has 0 unspecified atom stereocenters. The highest BCUT2D eigenvalue weighted by atomic mass is 16.2. The average Bonchev–Trinajstić information content (AvgIpc) is 2.68. The number of carbonyl (C=O) groups excluding carboxylic acids is 1. The highest BCUT2D eigenvalue weighted by molar-refractivity contribution is 5.84. The minimum absolute atomic E-state index is 0.200. The predicted octanol–water partition coefficient (Wildman–Crippen LogP) is 3.18. The van der Waals surface area contributed by atoms with E-state index in [0.717, 1.165) is 5.56 Å². The smallest absolute Gasteiger partial charge is 0.332 e. The maximum atomic E-state index is 13.1. The number of nitrogens with zero attached hydrogens (tertiary/aromatic N) is 2. The van der Waals surface area contributed by atoms with Crippen molar-refractivity contribution >= 4 is 16.8 Å². The Morgan fingerprint density at radius 1 is 0.857 bits per heavy atom. The van der Waals surface area contributed by atoms with Crippen molar-refractivity contribution in [3.8, 4) is 0 Å². The van der Waals surface area contributed by atoms with Gasteiger partial charge < -0.3 is 5.32 Å². The first kappa shape index (κ1) is 19.6. The quantitative estimate of drug-likeness (QED) is 0.740. The maximum absolute atomic E-state index is 13.1. The summed E-state index contributed by atoms with van der Waals surface area (Å²) in [5.74, 6) is -0.280. The molecule has 1 heterocycles. The summed E-state index contributed by atoms with van der Waals surface area (Å²) in [5.41, 5.74) is 0.627. The number of benzene rings is 2. The molecule has 6 nitrogen and oxygen atoms in total. The van der Waals surface area contributed by atoms with Gasteiger partial charge in [-0.25, -0.2) is 4.79 Å². The van der Waals surface area contributed by atoms with Crippen molar-refractivity contribution in [1.29, 1.82) is 0 Å². The SMILES string of the molecule is CC(C)n1c(=O)c2ccccc2n([C@H](C)C(=O)N[C@H](C)c2ccccc2)c1=O. The van der Waals surface area contributed by atoms with Crippen LogP contribution in [0.5, 0.6) is 0 Å². The molecule has 0 aliphatic carbocycles. The third-order valence-corrected chi connectivity index (χ3v) is 4.97. The van der Waals surface area contributed by atoms with Gasteiger partial charge in [0.05, 0.1) is 16.9 Å². The Kier molecular flexibility index (Phi) is 5.49. The molecule has 3 rings (SSSR count). The second kappa shape index (κ2) is 7.84. The van der Waals surface area contributed by atoms with Crippen LogP contribution in [0, 0.1) is 0 Å². The molecule has 0 saturated carbocycles. The van der Waals surface area contributed by atoms with E-state index in [1.54, 1.807) is 45.0 Å². The lowest BCUT2D eigenvalue weighted by atomic mass is 10.1. The van der Waals surface area contributed by atoms with Crippen LogP contribution < -0.4 is 16.6 Å². The van der Waals surface area contributed by atoms with E-state index >= 15 is 0 Å². The van der Waals surface area contributed by atoms with E-state index in [1.807, 2.05) is 37.3 Å². The first-order valence-electron chi connectivity index (χ1n) is 9.44. The second-order valence-corrected chi connectivity index (χ2v) is 7.26. The van der Waals surface area contributed by atoms with Crippen LogP contribution in [-0.4, -0.2) is 15.0 Å². The molecule has 0 saturated heterocycles. The third-order valence-electron chi connectivity index (χ3n) is 4.97. The molecule has 3 aromatic rings. The van der Waals surface area contributed by atoms with Crippen LogP contribution in [0.25, 0.3) is 10.9 Å². The molecule has 0 spiro atoms. The molecule has 0 aliphatic heterocycles. The van der Waals surface area contributed by atoms with Crippen LogP contribution in [0.1, 0.15) is 51.4 Å². The van der Waals surface area contributed by atoms with Crippen LogP contribution in [0.3, 0.4) is 0 Å². The van der Waals surface area contributed by atoms with Crippen LogP contribution in [0.4, 0.5) is 0 Å². The molecule has 28 heavy (non-hydrogen) atoms. The van der Waals surface area contributed by atoms with Crippen LogP contribution in [-0.2, 0) is 4.79 Å². The Balaban J connectivity index is 2.06. The average molecular weight is 379 g/mol. The highest BCUT2D eigenvalue weighted by Gasteiger charge is 2.24. The summed E-state index contributed by atoms with van der Waals surface area (Å²) in [7, 11) is 0. The number of rotatable bonds is 5. The van der Waals surface area contributed by atoms with Crippen molar-refractivity contribution in [2.24, 2.45) is 0 Å². The van der Waals surface area contributed by atoms with Gasteiger partial charge in [-0.2, -0.15) is 0 Å². The number of aromatic nitrogens is 2. The number of para-hydroxylation sites is 1. The Morgan fingerprint density at radius 3 is 2.11 bits per heavy atom. The van der Waals surface area contributed by atoms with Crippen molar-refractivity contribution in [2.75, 3.05) is 0 Å². The van der Waals surface area contributed by atoms with Crippen molar-refractivity contribution in [3.05, 3.63) is 81.0 Å². The Morgan fingerprint density at radius 2 is 1.46 bits per heavy atom. The van der Waals surface area contributed by atoms with Gasteiger partial charge in [0.15, 0.2) is 0 Å². The van der Waals surface area contributed by atoms with Gasteiger partial charge in [-0.05, 0) is 45.4 Å². The van der Waals surface area contributed by atoms with Crippen molar-refractivity contribution in [1.82, 2.24) is 14.5 Å². The number of hydrogen-bond acceptors (Lipinski definition) is 3. The summed E-state index contributed by atoms with van der Waals surface area (Å²) >= 11 is 0. The molecular formula is C22H25N3O3. The lowest BCUT2D eigenvalue weighted by Crippen LogP contribution is -2.45. The second-order valence-electron chi connectivity index (χ2n) is 7.26. The van der Waals surface area contributed by atoms with E-state index in [9.17, 15) is 14.4 Å². The Hall–Kier alpha value is -3.15. The summed E-state index contributed by atoms with van der Waals surface area (Å²) in [4.78, 5) is 38.8. The largest absolute Gasteiger partial charge is 0.348 e. The zero-order valence-electron chi connectivity index (χ0n) is 16.5. The van der Waals surface area contributed by atoms with Gasteiger partial charge >= 0.3 is 5.69 Å². The third kappa shape index (κ3) is 3.50. The van der Waals surface area contributed by atoms with Gasteiger partial charge in [-0.15, -0.1) is 0 Å². The van der Waals surface area contributed by atoms with Gasteiger partial charge in [0.1, 0.15) is 6.04 Å². The molecular weight excluding hydrogens is 354 g/mol. The van der Waals surface area contributed by atoms with Crippen LogP contribution in [0.15, 0.2) is 64.2 Å². The monoisotopic (exact) mass is 379 g/mol. The van der Waals surface area contributed by atoms with Gasteiger partial charge in [-0.3, -0.25) is 18.7 Å². The topological polar surface area (TPSA) is 73.1 Å². The number of amides is 1. The molecule has 2 atom stereocenters. The molecule has 0 fully saturated rings. The summed E-state index contributed by atoms with van der Waals surface area (Å²) in [6, 6.07) is 15.2. The van der Waals surface area contributed by atoms with E-state index in [-0.39, 0.29) is 23.6 Å². The van der Waals surface area contributed by atoms with Crippen LogP contribution in [0.2, 0.25) is 0 Å². The van der Waals surface area contributed by atoms with E-state index in [0.29, 0.717) is 10.9 Å². The minimum atomic E-state index is -0.769. The summed E-state index contributed by atoms with van der Waals surface area (Å²) in [5, 5.41) is 3.39. The molecule has 0 aliphatic rings. The fraction of sp³-hybridized carbons (Fsp3) is 0.318. The summed E-state index contributed by atoms with van der Waals surface area (Å²) in [6.07, 6.45) is 0.